The molecule has 48 valence electrons. The molecule has 0 aliphatic carbocycles. The second-order valence-corrected chi connectivity index (χ2v) is 1.34. The van der Waals surface area contributed by atoms with E-state index in [4.69, 9.17) is 17.5 Å². The Kier molecular flexibility index (Phi) is 42.5. The van der Waals surface area contributed by atoms with Crippen molar-refractivity contribution in [3.8, 4) is 0 Å². The van der Waals surface area contributed by atoms with Crippen molar-refractivity contribution in [1.29, 1.82) is 0 Å². The molecule has 0 atom stereocenters. The third kappa shape index (κ3) is 220. The fourth-order valence-electron chi connectivity index (χ4n) is 0. The Morgan fingerprint density at radius 2 is 1.11 bits per heavy atom. The molecule has 0 aromatic heterocycles. The molecule has 0 saturated carbocycles. The molecule has 0 spiro atoms. The van der Waals surface area contributed by atoms with Gasteiger partial charge in [0.05, 0.1) is 0 Å². The molecule has 4 N–H and O–H groups in total. The van der Waals surface area contributed by atoms with Crippen LogP contribution < -0.4 is 0 Å². The van der Waals surface area contributed by atoms with Crippen LogP contribution in [0.2, 0.25) is 0 Å². The second-order valence-electron chi connectivity index (χ2n) is 0.448. The maximum atomic E-state index is 8.74. The van der Waals surface area contributed by atoms with Crippen molar-refractivity contribution >= 4 is 65.5 Å². The van der Waals surface area contributed by atoms with E-state index in [9.17, 15) is 0 Å². The van der Waals surface area contributed by atoms with E-state index in [0.717, 1.165) is 0 Å². The third-order valence-corrected chi connectivity index (χ3v) is 0. The van der Waals surface area contributed by atoms with Gasteiger partial charge in [-0.2, -0.15) is 8.42 Å². The van der Waals surface area contributed by atoms with Crippen LogP contribution in [0, 0.1) is 0 Å². The zero-order valence-electron chi connectivity index (χ0n) is 4.31. The summed E-state index contributed by atoms with van der Waals surface area (Å²) in [5.41, 5.74) is 0. The monoisotopic (exact) mass is 199 g/mol. The molecule has 0 unspecified atom stereocenters. The summed E-state index contributed by atoms with van der Waals surface area (Å²) in [5.74, 6) is 0. The first-order chi connectivity index (χ1) is 2.00. The van der Waals surface area contributed by atoms with Crippen molar-refractivity contribution in [2.45, 2.75) is 0 Å². The first-order valence-electron chi connectivity index (χ1n) is 0.698. The van der Waals surface area contributed by atoms with E-state index in [1.165, 1.54) is 0 Å². The van der Waals surface area contributed by atoms with Crippen molar-refractivity contribution in [3.05, 3.63) is 0 Å². The van der Waals surface area contributed by atoms with Crippen LogP contribution >= 0.6 is 0 Å². The van der Waals surface area contributed by atoms with Gasteiger partial charge in [-0.25, -0.2) is 0 Å². The minimum absolute atomic E-state index is 0. The second kappa shape index (κ2) is 12.3. The summed E-state index contributed by atoms with van der Waals surface area (Å²) in [6.45, 7) is 0. The van der Waals surface area contributed by atoms with Gasteiger partial charge >= 0.3 is 65.5 Å². The summed E-state index contributed by atoms with van der Waals surface area (Å²) < 4.78 is 31.6. The summed E-state index contributed by atoms with van der Waals surface area (Å²) in [6.07, 6.45) is 0. The zero-order valence-corrected chi connectivity index (χ0v) is 8.49. The Hall–Kier alpha value is 1.58. The average molecular weight is 199 g/mol. The molecule has 0 bridgehead atoms. The van der Waals surface area contributed by atoms with E-state index in [-0.39, 0.29) is 66.1 Å². The van der Waals surface area contributed by atoms with Gasteiger partial charge in [0.15, 0.2) is 0 Å². The largest absolute Gasteiger partial charge is 3.00 e. The van der Waals surface area contributed by atoms with Crippen LogP contribution in [-0.4, -0.2) is 78.1 Å². The molecule has 0 saturated heterocycles. The normalized spacial score (nSPS) is 6.44. The van der Waals surface area contributed by atoms with Gasteiger partial charge < -0.3 is 11.0 Å². The van der Waals surface area contributed by atoms with E-state index in [2.05, 4.69) is 0 Å². The molecule has 0 heterocycles. The van der Waals surface area contributed by atoms with Crippen molar-refractivity contribution < 1.29 is 28.5 Å². The van der Waals surface area contributed by atoms with Crippen LogP contribution in [0.25, 0.3) is 0 Å². The number of hydrogen-bond acceptors (Lipinski definition) is 2. The molecular formula is H4AlCaO6S+3. The fraction of sp³-hybridized carbons (Fsp3) is 0. The topological polar surface area (TPSA) is 135 Å². The Morgan fingerprint density at radius 3 is 1.11 bits per heavy atom. The van der Waals surface area contributed by atoms with Gasteiger partial charge in [0.1, 0.15) is 0 Å². The molecule has 0 aromatic rings. The quantitative estimate of drug-likeness (QED) is 0.333. The van der Waals surface area contributed by atoms with Crippen LogP contribution in [0.3, 0.4) is 0 Å². The van der Waals surface area contributed by atoms with E-state index in [0.29, 0.717) is 0 Å². The van der Waals surface area contributed by atoms with Gasteiger partial charge in [0, 0.05) is 0 Å². The van der Waals surface area contributed by atoms with Crippen LogP contribution in [-0.2, 0) is 15.9 Å². The maximum Gasteiger partial charge on any atom is 3.00 e. The SMILES string of the molecule is O.O=S(=O)(O)O.[Al+3].[Ca+2].[O-2]. The fourth-order valence-corrected chi connectivity index (χ4v) is 0. The van der Waals surface area contributed by atoms with Crippen molar-refractivity contribution in [1.82, 2.24) is 0 Å². The smallest absolute Gasteiger partial charge is 2.00 e. The number of hydrogen-bond donors (Lipinski definition) is 2. The van der Waals surface area contributed by atoms with Crippen molar-refractivity contribution in [2.75, 3.05) is 0 Å². The van der Waals surface area contributed by atoms with Crippen LogP contribution in [0.15, 0.2) is 0 Å². The third-order valence-electron chi connectivity index (χ3n) is 0. The number of rotatable bonds is 0. The molecule has 9 heavy (non-hydrogen) atoms. The van der Waals surface area contributed by atoms with Gasteiger partial charge in [-0.15, -0.1) is 0 Å². The molecule has 6 nitrogen and oxygen atoms in total. The first kappa shape index (κ1) is 31.2. The summed E-state index contributed by atoms with van der Waals surface area (Å²) in [7, 11) is -4.67. The van der Waals surface area contributed by atoms with E-state index >= 15 is 0 Å². The maximum absolute atomic E-state index is 8.74. The molecule has 0 rings (SSSR count). The summed E-state index contributed by atoms with van der Waals surface area (Å²) in [5, 5.41) is 0. The van der Waals surface area contributed by atoms with Gasteiger partial charge in [0.25, 0.3) is 0 Å². The molecule has 0 amide bonds. The average Bonchev–Trinajstić information content (AvgIpc) is 0.722. The van der Waals surface area contributed by atoms with E-state index in [1.807, 2.05) is 0 Å². The zero-order chi connectivity index (χ0) is 4.50. The van der Waals surface area contributed by atoms with Crippen molar-refractivity contribution in [2.24, 2.45) is 0 Å². The van der Waals surface area contributed by atoms with Gasteiger partial charge in [-0.1, -0.05) is 0 Å². The summed E-state index contributed by atoms with van der Waals surface area (Å²) >= 11 is 0. The van der Waals surface area contributed by atoms with Crippen LogP contribution in [0.5, 0.6) is 0 Å². The summed E-state index contributed by atoms with van der Waals surface area (Å²) in [6, 6.07) is 0. The predicted octanol–water partition coefficient (Wildman–Crippen LogP) is -2.36. The Balaban J connectivity index is -0.0000000133. The Bertz CT molecular complexity index is 96.2. The van der Waals surface area contributed by atoms with Gasteiger partial charge in [-0.05, 0) is 0 Å². The first-order valence-corrected chi connectivity index (χ1v) is 2.10. The van der Waals surface area contributed by atoms with Crippen LogP contribution in [0.1, 0.15) is 0 Å². The van der Waals surface area contributed by atoms with E-state index in [1.54, 1.807) is 0 Å². The molecule has 0 aliphatic rings. The Labute approximate surface area is 93.0 Å². The molecule has 0 radical (unpaired) electrons. The van der Waals surface area contributed by atoms with Gasteiger partial charge in [0.2, 0.25) is 0 Å². The van der Waals surface area contributed by atoms with Crippen LogP contribution in [0.4, 0.5) is 0 Å². The summed E-state index contributed by atoms with van der Waals surface area (Å²) in [4.78, 5) is 0. The Morgan fingerprint density at radius 1 is 1.11 bits per heavy atom. The standard InChI is InChI=1S/Al.Ca.H2O4S.H2O.O/c;;1-5(2,3)4;;/h;;(H2,1,2,3,4);1H2;/q+3;+2;;;-2. The van der Waals surface area contributed by atoms with Gasteiger partial charge in [-0.3, -0.25) is 9.11 Å². The van der Waals surface area contributed by atoms with E-state index < -0.39 is 10.4 Å². The predicted molar refractivity (Wildman–Crippen MR) is 30.0 cm³/mol. The molecule has 0 aliphatic heterocycles. The minimum Gasteiger partial charge on any atom is -2.00 e. The molecule has 9 heteroatoms. The minimum atomic E-state index is -4.67. The molecular weight excluding hydrogens is 195 g/mol. The molecule has 0 fully saturated rings. The molecule has 0 aromatic carbocycles. The van der Waals surface area contributed by atoms with Crippen molar-refractivity contribution in [3.63, 3.8) is 0 Å².